The molecule has 0 heterocycles. The van der Waals surface area contributed by atoms with E-state index in [4.69, 9.17) is 16.9 Å². The number of nitrogens with one attached hydrogen (secondary N) is 2. The van der Waals surface area contributed by atoms with Crippen LogP contribution >= 0.6 is 27.5 Å². The molecule has 2 aromatic rings. The predicted octanol–water partition coefficient (Wildman–Crippen LogP) is 3.55. The van der Waals surface area contributed by atoms with Gasteiger partial charge in [-0.1, -0.05) is 27.5 Å². The summed E-state index contributed by atoms with van der Waals surface area (Å²) in [5.41, 5.74) is 0.736. The van der Waals surface area contributed by atoms with Gasteiger partial charge in [0.15, 0.2) is 0 Å². The number of carbonyl (C=O) groups is 1. The number of hydrogen-bond donors (Lipinski definition) is 2. The molecule has 0 aliphatic rings. The van der Waals surface area contributed by atoms with E-state index in [9.17, 15) is 13.2 Å². The molecule has 0 spiro atoms. The molecule has 0 radical (unpaired) electrons. The maximum Gasteiger partial charge on any atom is 0.255 e. The van der Waals surface area contributed by atoms with E-state index in [1.165, 1.54) is 24.3 Å². The van der Waals surface area contributed by atoms with Gasteiger partial charge in [0.1, 0.15) is 0 Å². The van der Waals surface area contributed by atoms with Crippen molar-refractivity contribution < 1.29 is 13.2 Å². The van der Waals surface area contributed by atoms with E-state index in [0.717, 1.165) is 4.47 Å². The fourth-order valence-electron chi connectivity index (χ4n) is 1.90. The first kappa shape index (κ1) is 19.4. The predicted molar refractivity (Wildman–Crippen MR) is 99.0 cm³/mol. The summed E-state index contributed by atoms with van der Waals surface area (Å²) in [4.78, 5) is 12.3. The van der Waals surface area contributed by atoms with Crippen molar-refractivity contribution in [2.24, 2.45) is 0 Å². The quantitative estimate of drug-likeness (QED) is 0.668. The highest BCUT2D eigenvalue weighted by Gasteiger charge is 2.15. The maximum atomic E-state index is 12.2. The molecule has 6 nitrogen and oxygen atoms in total. The molecule has 0 saturated carbocycles. The highest BCUT2D eigenvalue weighted by Crippen LogP contribution is 2.26. The zero-order valence-corrected chi connectivity index (χ0v) is 16.0. The van der Waals surface area contributed by atoms with Crippen LogP contribution in [0.25, 0.3) is 0 Å². The largest absolute Gasteiger partial charge is 0.321 e. The van der Waals surface area contributed by atoms with Gasteiger partial charge in [0.05, 0.1) is 21.7 Å². The molecule has 0 aliphatic heterocycles. The van der Waals surface area contributed by atoms with Crippen LogP contribution in [0.3, 0.4) is 0 Å². The fraction of sp³-hybridized carbons (Fsp3) is 0.125. The van der Waals surface area contributed by atoms with Crippen LogP contribution in [-0.4, -0.2) is 20.9 Å². The van der Waals surface area contributed by atoms with Crippen LogP contribution in [0.4, 0.5) is 5.69 Å². The van der Waals surface area contributed by atoms with Crippen molar-refractivity contribution in [2.45, 2.75) is 11.3 Å². The van der Waals surface area contributed by atoms with Crippen LogP contribution in [0.15, 0.2) is 51.8 Å². The third-order valence-electron chi connectivity index (χ3n) is 3.14. The van der Waals surface area contributed by atoms with Gasteiger partial charge in [-0.15, -0.1) is 0 Å². The van der Waals surface area contributed by atoms with Crippen molar-refractivity contribution in [3.8, 4) is 6.07 Å². The van der Waals surface area contributed by atoms with Crippen LogP contribution in [0.5, 0.6) is 0 Å². The minimum absolute atomic E-state index is 0.0173. The van der Waals surface area contributed by atoms with Gasteiger partial charge in [-0.25, -0.2) is 13.1 Å². The van der Waals surface area contributed by atoms with E-state index in [1.807, 2.05) is 6.07 Å². The number of carbonyl (C=O) groups excluding carboxylic acids is 1. The number of nitrogens with zero attached hydrogens (tertiary/aromatic N) is 1. The molecule has 0 aromatic heterocycles. The summed E-state index contributed by atoms with van der Waals surface area (Å²) in [6.07, 6.45) is 0.0771. The molecule has 2 rings (SSSR count). The lowest BCUT2D eigenvalue weighted by atomic mass is 10.2. The molecule has 25 heavy (non-hydrogen) atoms. The Morgan fingerprint density at radius 1 is 1.20 bits per heavy atom. The normalized spacial score (nSPS) is 10.9. The molecule has 0 unspecified atom stereocenters. The number of sulfonamides is 1. The van der Waals surface area contributed by atoms with Crippen LogP contribution in [0.2, 0.25) is 5.02 Å². The first-order chi connectivity index (χ1) is 11.8. The summed E-state index contributed by atoms with van der Waals surface area (Å²) in [5.74, 6) is -0.411. The van der Waals surface area contributed by atoms with Crippen LogP contribution in [0.1, 0.15) is 16.8 Å². The molecule has 1 amide bonds. The summed E-state index contributed by atoms with van der Waals surface area (Å²) in [5, 5.41) is 11.5. The first-order valence-electron chi connectivity index (χ1n) is 7.06. The Hall–Kier alpha value is -1.92. The van der Waals surface area contributed by atoms with E-state index >= 15 is 0 Å². The summed E-state index contributed by atoms with van der Waals surface area (Å²) in [6, 6.07) is 12.4. The molecule has 0 saturated heterocycles. The first-order valence-corrected chi connectivity index (χ1v) is 9.72. The Labute approximate surface area is 159 Å². The number of rotatable bonds is 6. The molecule has 2 N–H and O–H groups in total. The lowest BCUT2D eigenvalue weighted by Crippen LogP contribution is -2.24. The zero-order chi connectivity index (χ0) is 18.4. The van der Waals surface area contributed by atoms with Crippen LogP contribution in [0, 0.1) is 11.3 Å². The van der Waals surface area contributed by atoms with Gasteiger partial charge in [0.25, 0.3) is 5.91 Å². The minimum atomic E-state index is -3.70. The van der Waals surface area contributed by atoms with Gasteiger partial charge >= 0.3 is 0 Å². The second-order valence-electron chi connectivity index (χ2n) is 4.91. The van der Waals surface area contributed by atoms with Crippen molar-refractivity contribution in [3.63, 3.8) is 0 Å². The average molecular weight is 443 g/mol. The molecular weight excluding hydrogens is 430 g/mol. The van der Waals surface area contributed by atoms with E-state index < -0.39 is 15.9 Å². The third kappa shape index (κ3) is 5.28. The van der Waals surface area contributed by atoms with E-state index in [1.54, 1.807) is 18.2 Å². The maximum absolute atomic E-state index is 12.2. The number of anilines is 1. The Kier molecular flexibility index (Phi) is 6.56. The lowest BCUT2D eigenvalue weighted by molar-refractivity contribution is 0.102. The standard InChI is InChI=1S/C16H13BrClN3O3S/c17-12-4-7-15(14(18)10-12)21-16(22)11-2-5-13(6-3-11)25(23,24)20-9-1-8-19/h2-7,10,20H,1,9H2,(H,21,22). The van der Waals surface area contributed by atoms with Gasteiger partial charge in [-0.05, 0) is 42.5 Å². The molecule has 9 heteroatoms. The van der Waals surface area contributed by atoms with Crippen LogP contribution in [-0.2, 0) is 10.0 Å². The summed E-state index contributed by atoms with van der Waals surface area (Å²) in [6.45, 7) is 0.0309. The monoisotopic (exact) mass is 441 g/mol. The fourth-order valence-corrected chi connectivity index (χ4v) is 3.65. The zero-order valence-electron chi connectivity index (χ0n) is 12.8. The Morgan fingerprint density at radius 3 is 2.48 bits per heavy atom. The van der Waals surface area contributed by atoms with Gasteiger partial charge in [-0.2, -0.15) is 5.26 Å². The SMILES string of the molecule is N#CCCNS(=O)(=O)c1ccc(C(=O)Nc2ccc(Br)cc2Cl)cc1. The number of nitriles is 1. The van der Waals surface area contributed by atoms with Gasteiger partial charge in [-0.3, -0.25) is 4.79 Å². The third-order valence-corrected chi connectivity index (χ3v) is 5.42. The lowest BCUT2D eigenvalue weighted by Gasteiger charge is -2.09. The molecule has 0 atom stereocenters. The number of halogens is 2. The highest BCUT2D eigenvalue weighted by atomic mass is 79.9. The summed E-state index contributed by atoms with van der Waals surface area (Å²) in [7, 11) is -3.70. The number of hydrogen-bond acceptors (Lipinski definition) is 4. The van der Waals surface area contributed by atoms with Crippen molar-refractivity contribution in [3.05, 3.63) is 57.5 Å². The van der Waals surface area contributed by atoms with Gasteiger partial charge in [0, 0.05) is 23.0 Å². The molecule has 130 valence electrons. The van der Waals surface area contributed by atoms with Crippen molar-refractivity contribution in [2.75, 3.05) is 11.9 Å². The highest BCUT2D eigenvalue weighted by molar-refractivity contribution is 9.10. The number of amides is 1. The smallest absolute Gasteiger partial charge is 0.255 e. The summed E-state index contributed by atoms with van der Waals surface area (Å²) < 4.78 is 27.1. The summed E-state index contributed by atoms with van der Waals surface area (Å²) >= 11 is 9.33. The van der Waals surface area contributed by atoms with E-state index in [-0.39, 0.29) is 23.4 Å². The molecule has 0 bridgehead atoms. The number of benzene rings is 2. The average Bonchev–Trinajstić information content (AvgIpc) is 2.57. The van der Waals surface area contributed by atoms with Crippen molar-refractivity contribution >= 4 is 49.1 Å². The Morgan fingerprint density at radius 2 is 1.88 bits per heavy atom. The Balaban J connectivity index is 2.11. The van der Waals surface area contributed by atoms with Crippen molar-refractivity contribution in [1.29, 1.82) is 5.26 Å². The second-order valence-corrected chi connectivity index (χ2v) is 8.00. The molecular formula is C16H13BrClN3O3S. The molecule has 2 aromatic carbocycles. The topological polar surface area (TPSA) is 99.1 Å². The second kappa shape index (κ2) is 8.45. The minimum Gasteiger partial charge on any atom is -0.321 e. The van der Waals surface area contributed by atoms with Crippen molar-refractivity contribution in [1.82, 2.24) is 4.72 Å². The molecule has 0 aliphatic carbocycles. The molecule has 0 fully saturated rings. The Bertz CT molecular complexity index is 925. The van der Waals surface area contributed by atoms with Gasteiger partial charge in [0.2, 0.25) is 10.0 Å². The van der Waals surface area contributed by atoms with Gasteiger partial charge < -0.3 is 5.32 Å². The van der Waals surface area contributed by atoms with E-state index in [0.29, 0.717) is 10.7 Å². The van der Waals surface area contributed by atoms with Crippen LogP contribution < -0.4 is 10.0 Å². The van der Waals surface area contributed by atoms with E-state index in [2.05, 4.69) is 26.0 Å².